The molecule has 4 heterocycles. The van der Waals surface area contributed by atoms with Crippen molar-refractivity contribution >= 4 is 27.8 Å². The van der Waals surface area contributed by atoms with E-state index >= 15 is 0 Å². The van der Waals surface area contributed by atoms with Crippen LogP contribution in [0, 0.1) is 5.92 Å². The van der Waals surface area contributed by atoms with Crippen molar-refractivity contribution in [2.75, 3.05) is 11.9 Å². The zero-order chi connectivity index (χ0) is 20.9. The summed E-state index contributed by atoms with van der Waals surface area (Å²) in [5.41, 5.74) is 4.31. The summed E-state index contributed by atoms with van der Waals surface area (Å²) in [6, 6.07) is 10.5. The molecule has 1 aromatic carbocycles. The smallest absolute Gasteiger partial charge is 0.143 e. The minimum Gasteiger partial charge on any atom is -0.390 e. The highest BCUT2D eigenvalue weighted by molar-refractivity contribution is 5.83. The molecular weight excluding hydrogens is 390 g/mol. The molecule has 4 aromatic rings. The van der Waals surface area contributed by atoms with E-state index in [0.29, 0.717) is 0 Å². The summed E-state index contributed by atoms with van der Waals surface area (Å²) < 4.78 is 1.98. The first-order valence-electron chi connectivity index (χ1n) is 11.0. The summed E-state index contributed by atoms with van der Waals surface area (Å²) in [6.07, 6.45) is 7.10. The maximum Gasteiger partial charge on any atom is 0.143 e. The number of aryl methyl sites for hydroxylation is 1. The van der Waals surface area contributed by atoms with Crippen LogP contribution in [0.4, 0.5) is 5.82 Å². The minimum atomic E-state index is -0.803. The van der Waals surface area contributed by atoms with Crippen molar-refractivity contribution in [3.8, 4) is 0 Å². The molecular formula is C24H25N5O2. The molecule has 2 aliphatic rings. The molecule has 4 atom stereocenters. The third-order valence-electron chi connectivity index (χ3n) is 6.96. The second kappa shape index (κ2) is 7.28. The van der Waals surface area contributed by atoms with Crippen LogP contribution in [0.15, 0.2) is 49.1 Å². The highest BCUT2D eigenvalue weighted by Crippen LogP contribution is 2.39. The van der Waals surface area contributed by atoms with Gasteiger partial charge in [-0.2, -0.15) is 0 Å². The number of benzene rings is 1. The van der Waals surface area contributed by atoms with Crippen molar-refractivity contribution in [3.05, 3.63) is 60.2 Å². The maximum atomic E-state index is 10.8. The van der Waals surface area contributed by atoms with Crippen LogP contribution in [0.5, 0.6) is 0 Å². The number of hydrogen-bond acceptors (Lipinski definition) is 6. The normalized spacial score (nSPS) is 25.2. The van der Waals surface area contributed by atoms with Crippen LogP contribution in [0.3, 0.4) is 0 Å². The Hall–Kier alpha value is -3.03. The van der Waals surface area contributed by atoms with E-state index in [4.69, 9.17) is 4.98 Å². The largest absolute Gasteiger partial charge is 0.390 e. The zero-order valence-electron chi connectivity index (χ0n) is 17.1. The monoisotopic (exact) mass is 415 g/mol. The molecule has 158 valence electrons. The summed E-state index contributed by atoms with van der Waals surface area (Å²) in [6.45, 7) is 0.956. The van der Waals surface area contributed by atoms with Crippen LogP contribution in [0.25, 0.3) is 21.9 Å². The van der Waals surface area contributed by atoms with Crippen molar-refractivity contribution in [1.29, 1.82) is 0 Å². The van der Waals surface area contributed by atoms with Crippen molar-refractivity contribution in [3.63, 3.8) is 0 Å². The van der Waals surface area contributed by atoms with Gasteiger partial charge in [0.1, 0.15) is 23.9 Å². The number of pyridine rings is 1. The molecule has 7 heteroatoms. The average Bonchev–Trinajstić information content (AvgIpc) is 3.49. The number of rotatable bonds is 4. The molecule has 7 nitrogen and oxygen atoms in total. The fourth-order valence-corrected chi connectivity index (χ4v) is 5.25. The van der Waals surface area contributed by atoms with Crippen LogP contribution < -0.4 is 5.32 Å². The van der Waals surface area contributed by atoms with Crippen LogP contribution in [-0.2, 0) is 12.8 Å². The number of aliphatic hydroxyl groups is 2. The number of aliphatic hydroxyl groups excluding tert-OH is 2. The van der Waals surface area contributed by atoms with E-state index in [2.05, 4.69) is 39.6 Å². The molecule has 6 rings (SSSR count). The van der Waals surface area contributed by atoms with Crippen molar-refractivity contribution < 1.29 is 10.2 Å². The van der Waals surface area contributed by atoms with Crippen molar-refractivity contribution in [2.24, 2.45) is 5.92 Å². The molecule has 3 aromatic heterocycles. The number of fused-ring (bicyclic) bond motifs is 3. The third kappa shape index (κ3) is 3.16. The first-order chi connectivity index (χ1) is 15.2. The Morgan fingerprint density at radius 2 is 2.03 bits per heavy atom. The number of nitrogens with zero attached hydrogens (tertiary/aromatic N) is 4. The number of hydrogen-bond donors (Lipinski definition) is 3. The average molecular weight is 415 g/mol. The van der Waals surface area contributed by atoms with Gasteiger partial charge in [0, 0.05) is 29.7 Å². The minimum absolute atomic E-state index is 0.0321. The predicted molar refractivity (Wildman–Crippen MR) is 119 cm³/mol. The van der Waals surface area contributed by atoms with Gasteiger partial charge in [-0.05, 0) is 60.9 Å². The molecule has 0 amide bonds. The van der Waals surface area contributed by atoms with E-state index in [1.165, 1.54) is 22.8 Å². The Morgan fingerprint density at radius 1 is 1.10 bits per heavy atom. The Bertz CT molecular complexity index is 1270. The lowest BCUT2D eigenvalue weighted by Gasteiger charge is -2.18. The molecule has 0 bridgehead atoms. The van der Waals surface area contributed by atoms with Gasteiger partial charge in [0.25, 0.3) is 0 Å². The summed E-state index contributed by atoms with van der Waals surface area (Å²) in [5, 5.41) is 27.0. The van der Waals surface area contributed by atoms with Crippen molar-refractivity contribution in [2.45, 2.75) is 43.9 Å². The molecule has 1 aliphatic carbocycles. The van der Waals surface area contributed by atoms with Gasteiger partial charge in [0.15, 0.2) is 0 Å². The maximum absolute atomic E-state index is 10.8. The van der Waals surface area contributed by atoms with Crippen molar-refractivity contribution in [1.82, 2.24) is 19.5 Å². The Balaban J connectivity index is 1.20. The van der Waals surface area contributed by atoms with Crippen LogP contribution in [-0.4, -0.2) is 48.5 Å². The van der Waals surface area contributed by atoms with Gasteiger partial charge in [-0.15, -0.1) is 0 Å². The summed E-state index contributed by atoms with van der Waals surface area (Å²) in [5.74, 6) is 1.04. The molecule has 1 saturated carbocycles. The van der Waals surface area contributed by atoms with E-state index in [1.54, 1.807) is 6.20 Å². The predicted octanol–water partition coefficient (Wildman–Crippen LogP) is 2.86. The standard InChI is InChI=1S/C24H25N5O2/c30-21-16(11-20(22(21)31)29-8-6-18-12-25-13-27-24(18)29)4-2-14-1-3-15-10-17-5-7-26-23(17)28-19(15)9-14/h1,3,6,8-10,12-13,16,20-22,30-31H,2,4-5,7,11H2,(H,26,28)/t16-,20+,21+,22-/m0/s1. The van der Waals surface area contributed by atoms with Crippen LogP contribution in [0.1, 0.15) is 30.0 Å². The van der Waals surface area contributed by atoms with Gasteiger partial charge in [0.05, 0.1) is 17.7 Å². The first kappa shape index (κ1) is 18.7. The van der Waals surface area contributed by atoms with Gasteiger partial charge in [-0.1, -0.05) is 12.1 Å². The highest BCUT2D eigenvalue weighted by atomic mass is 16.3. The topological polar surface area (TPSA) is 96.1 Å². The molecule has 0 radical (unpaired) electrons. The van der Waals surface area contributed by atoms with E-state index < -0.39 is 12.2 Å². The fraction of sp³-hybridized carbons (Fsp3) is 0.375. The SMILES string of the molecule is O[C@@H]1[C@@H](CCc2ccc3cc4c(nc3c2)NCC4)C[C@@H](n2ccc3cncnc32)[C@@H]1O. The highest BCUT2D eigenvalue weighted by Gasteiger charge is 2.42. The van der Waals surface area contributed by atoms with Gasteiger partial charge in [-0.25, -0.2) is 15.0 Å². The van der Waals surface area contributed by atoms with E-state index in [1.807, 2.05) is 16.8 Å². The molecule has 1 aliphatic heterocycles. The van der Waals surface area contributed by atoms with Crippen LogP contribution in [0.2, 0.25) is 0 Å². The molecule has 0 saturated heterocycles. The fourth-order valence-electron chi connectivity index (χ4n) is 5.25. The summed E-state index contributed by atoms with van der Waals surface area (Å²) in [7, 11) is 0. The number of aromatic nitrogens is 4. The summed E-state index contributed by atoms with van der Waals surface area (Å²) in [4.78, 5) is 13.2. The lowest BCUT2D eigenvalue weighted by Crippen LogP contribution is -2.29. The van der Waals surface area contributed by atoms with E-state index in [0.717, 1.165) is 54.6 Å². The summed E-state index contributed by atoms with van der Waals surface area (Å²) >= 11 is 0. The van der Waals surface area contributed by atoms with E-state index in [9.17, 15) is 10.2 Å². The van der Waals surface area contributed by atoms with Crippen LogP contribution >= 0.6 is 0 Å². The van der Waals surface area contributed by atoms with E-state index in [-0.39, 0.29) is 12.0 Å². The van der Waals surface area contributed by atoms with Gasteiger partial charge in [0.2, 0.25) is 0 Å². The Morgan fingerprint density at radius 3 is 2.97 bits per heavy atom. The molecule has 3 N–H and O–H groups in total. The second-order valence-electron chi connectivity index (χ2n) is 8.81. The lowest BCUT2D eigenvalue weighted by molar-refractivity contribution is 0.00545. The number of anilines is 1. The third-order valence-corrected chi connectivity index (χ3v) is 6.96. The molecule has 0 unspecified atom stereocenters. The second-order valence-corrected chi connectivity index (χ2v) is 8.81. The Kier molecular flexibility index (Phi) is 4.40. The molecule has 0 spiro atoms. The van der Waals surface area contributed by atoms with Gasteiger partial charge >= 0.3 is 0 Å². The number of nitrogens with one attached hydrogen (secondary N) is 1. The lowest BCUT2D eigenvalue weighted by atomic mass is 9.95. The quantitative estimate of drug-likeness (QED) is 0.474. The zero-order valence-corrected chi connectivity index (χ0v) is 17.1. The Labute approximate surface area is 179 Å². The first-order valence-corrected chi connectivity index (χ1v) is 11.0. The van der Waals surface area contributed by atoms with Gasteiger partial charge < -0.3 is 20.1 Å². The van der Waals surface area contributed by atoms with Gasteiger partial charge in [-0.3, -0.25) is 0 Å². The molecule has 31 heavy (non-hydrogen) atoms. The molecule has 1 fully saturated rings.